The maximum absolute atomic E-state index is 13.1. The van der Waals surface area contributed by atoms with Crippen LogP contribution in [0.2, 0.25) is 0 Å². The van der Waals surface area contributed by atoms with Crippen LogP contribution in [0.1, 0.15) is 18.0 Å². The maximum atomic E-state index is 13.1. The summed E-state index contributed by atoms with van der Waals surface area (Å²) in [5, 5.41) is 9.38. The van der Waals surface area contributed by atoms with Crippen LogP contribution in [0.15, 0.2) is 16.6 Å². The normalized spacial score (nSPS) is 12.5. The number of amides is 1. The van der Waals surface area contributed by atoms with Gasteiger partial charge in [0.1, 0.15) is 0 Å². The molecule has 0 saturated carbocycles. The number of aromatic hydroxyl groups is 1. The quantitative estimate of drug-likeness (QED) is 0.774. The van der Waals surface area contributed by atoms with Crippen molar-refractivity contribution >= 4 is 21.8 Å². The molecule has 1 aromatic rings. The van der Waals surface area contributed by atoms with Crippen molar-refractivity contribution in [1.82, 2.24) is 0 Å². The van der Waals surface area contributed by atoms with Crippen LogP contribution < -0.4 is 11.5 Å². The Morgan fingerprint density at radius 3 is 2.73 bits per heavy atom. The fourth-order valence-corrected chi connectivity index (χ4v) is 1.64. The molecule has 0 saturated heterocycles. The molecular weight excluding hydrogens is 267 g/mol. The van der Waals surface area contributed by atoms with Crippen LogP contribution in [0.25, 0.3) is 0 Å². The molecule has 0 radical (unpaired) electrons. The first-order valence-corrected chi connectivity index (χ1v) is 4.93. The summed E-state index contributed by atoms with van der Waals surface area (Å²) in [7, 11) is 0. The Balaban J connectivity index is 3.07. The highest BCUT2D eigenvalue weighted by molar-refractivity contribution is 9.10. The van der Waals surface area contributed by atoms with E-state index in [2.05, 4.69) is 15.9 Å². The minimum Gasteiger partial charge on any atom is -0.505 e. The molecule has 1 atom stereocenters. The van der Waals surface area contributed by atoms with Crippen LogP contribution in [0.5, 0.6) is 5.75 Å². The van der Waals surface area contributed by atoms with Gasteiger partial charge in [0.2, 0.25) is 5.91 Å². The summed E-state index contributed by atoms with van der Waals surface area (Å²) in [5.41, 5.74) is 10.7. The van der Waals surface area contributed by atoms with Gasteiger partial charge in [0.25, 0.3) is 0 Å². The number of phenols is 1. The zero-order chi connectivity index (χ0) is 11.6. The molecule has 1 amide bonds. The predicted molar refractivity (Wildman–Crippen MR) is 56.5 cm³/mol. The van der Waals surface area contributed by atoms with Crippen molar-refractivity contribution in [3.05, 3.63) is 28.0 Å². The van der Waals surface area contributed by atoms with Gasteiger partial charge in [-0.2, -0.15) is 0 Å². The largest absolute Gasteiger partial charge is 0.505 e. The van der Waals surface area contributed by atoms with E-state index in [9.17, 15) is 14.3 Å². The summed E-state index contributed by atoms with van der Waals surface area (Å²) >= 11 is 3.06. The smallest absolute Gasteiger partial charge is 0.219 e. The number of carbonyl (C=O) groups excluding carboxylic acids is 1. The lowest BCUT2D eigenvalue weighted by atomic mass is 10.0. The van der Waals surface area contributed by atoms with Gasteiger partial charge >= 0.3 is 0 Å². The fraction of sp³-hybridized carbons (Fsp3) is 0.222. The third kappa shape index (κ3) is 2.90. The number of rotatable bonds is 3. The lowest BCUT2D eigenvalue weighted by molar-refractivity contribution is -0.118. The van der Waals surface area contributed by atoms with Gasteiger partial charge in [-0.15, -0.1) is 0 Å². The Bertz CT molecular complexity index is 398. The van der Waals surface area contributed by atoms with E-state index in [4.69, 9.17) is 11.5 Å². The molecule has 1 rings (SSSR count). The lowest BCUT2D eigenvalue weighted by Crippen LogP contribution is -2.20. The molecule has 0 aliphatic heterocycles. The van der Waals surface area contributed by atoms with Crippen LogP contribution in [0.4, 0.5) is 4.39 Å². The highest BCUT2D eigenvalue weighted by atomic mass is 79.9. The van der Waals surface area contributed by atoms with Gasteiger partial charge in [0.05, 0.1) is 0 Å². The maximum Gasteiger partial charge on any atom is 0.219 e. The second-order valence-electron chi connectivity index (χ2n) is 3.10. The lowest BCUT2D eigenvalue weighted by Gasteiger charge is -2.12. The van der Waals surface area contributed by atoms with Crippen molar-refractivity contribution in [2.24, 2.45) is 11.5 Å². The molecule has 0 heterocycles. The molecule has 0 aliphatic rings. The molecule has 0 bridgehead atoms. The molecule has 6 heteroatoms. The zero-order valence-corrected chi connectivity index (χ0v) is 9.29. The van der Waals surface area contributed by atoms with Crippen molar-refractivity contribution in [3.8, 4) is 5.75 Å². The van der Waals surface area contributed by atoms with E-state index in [1.54, 1.807) is 0 Å². The first-order chi connectivity index (χ1) is 6.91. The van der Waals surface area contributed by atoms with Gasteiger partial charge in [-0.3, -0.25) is 4.79 Å². The summed E-state index contributed by atoms with van der Waals surface area (Å²) in [4.78, 5) is 10.6. The van der Waals surface area contributed by atoms with Gasteiger partial charge in [0, 0.05) is 22.5 Å². The average molecular weight is 277 g/mol. The summed E-state index contributed by atoms with van der Waals surface area (Å²) in [6.07, 6.45) is -0.149. The van der Waals surface area contributed by atoms with E-state index in [-0.39, 0.29) is 12.0 Å². The van der Waals surface area contributed by atoms with Crippen LogP contribution >= 0.6 is 15.9 Å². The SMILES string of the molecule is NC(=O)CC(N)c1cc(Br)cc(F)c1O. The Labute approximate surface area is 94.2 Å². The third-order valence-electron chi connectivity index (χ3n) is 1.88. The minimum absolute atomic E-state index is 0.149. The summed E-state index contributed by atoms with van der Waals surface area (Å²) < 4.78 is 13.5. The van der Waals surface area contributed by atoms with E-state index in [1.165, 1.54) is 6.07 Å². The average Bonchev–Trinajstić information content (AvgIpc) is 2.09. The molecule has 1 aromatic carbocycles. The van der Waals surface area contributed by atoms with Crippen molar-refractivity contribution < 1.29 is 14.3 Å². The highest BCUT2D eigenvalue weighted by Gasteiger charge is 2.17. The monoisotopic (exact) mass is 276 g/mol. The van der Waals surface area contributed by atoms with Crippen LogP contribution in [-0.2, 0) is 4.79 Å². The van der Waals surface area contributed by atoms with E-state index in [1.807, 2.05) is 0 Å². The molecule has 0 fully saturated rings. The summed E-state index contributed by atoms with van der Waals surface area (Å²) in [6, 6.07) is 1.75. The number of hydrogen-bond acceptors (Lipinski definition) is 3. The first-order valence-electron chi connectivity index (χ1n) is 4.13. The second-order valence-corrected chi connectivity index (χ2v) is 4.02. The van der Waals surface area contributed by atoms with Crippen molar-refractivity contribution in [3.63, 3.8) is 0 Å². The van der Waals surface area contributed by atoms with Gasteiger partial charge in [-0.05, 0) is 12.1 Å². The van der Waals surface area contributed by atoms with Crippen LogP contribution in [0, 0.1) is 5.82 Å². The molecular formula is C9H10BrFN2O2. The highest BCUT2D eigenvalue weighted by Crippen LogP contribution is 2.30. The number of benzene rings is 1. The van der Waals surface area contributed by atoms with Crippen LogP contribution in [-0.4, -0.2) is 11.0 Å². The number of phenolic OH excluding ortho intramolecular Hbond substituents is 1. The van der Waals surface area contributed by atoms with E-state index in [0.717, 1.165) is 6.07 Å². The number of halogens is 2. The van der Waals surface area contributed by atoms with Gasteiger partial charge < -0.3 is 16.6 Å². The van der Waals surface area contributed by atoms with E-state index in [0.29, 0.717) is 4.47 Å². The molecule has 1 unspecified atom stereocenters. The van der Waals surface area contributed by atoms with E-state index < -0.39 is 23.5 Å². The molecule has 4 nitrogen and oxygen atoms in total. The molecule has 0 aromatic heterocycles. The Kier molecular flexibility index (Phi) is 3.65. The molecule has 82 valence electrons. The standard InChI is InChI=1S/C9H10BrFN2O2/c10-4-1-5(7(12)3-8(13)14)9(15)6(11)2-4/h1-2,7,15H,3,12H2,(H2,13,14). The number of nitrogens with two attached hydrogens (primary N) is 2. The van der Waals surface area contributed by atoms with Crippen molar-refractivity contribution in [2.75, 3.05) is 0 Å². The summed E-state index contributed by atoms with van der Waals surface area (Å²) in [6.45, 7) is 0. The van der Waals surface area contributed by atoms with Crippen molar-refractivity contribution in [1.29, 1.82) is 0 Å². The zero-order valence-electron chi connectivity index (χ0n) is 7.71. The molecule has 15 heavy (non-hydrogen) atoms. The number of carbonyl (C=O) groups is 1. The Morgan fingerprint density at radius 2 is 2.20 bits per heavy atom. The van der Waals surface area contributed by atoms with Gasteiger partial charge in [-0.1, -0.05) is 15.9 Å². The minimum atomic E-state index is -0.811. The van der Waals surface area contributed by atoms with E-state index >= 15 is 0 Å². The topological polar surface area (TPSA) is 89.3 Å². The van der Waals surface area contributed by atoms with Crippen LogP contribution in [0.3, 0.4) is 0 Å². The number of hydrogen-bond donors (Lipinski definition) is 3. The van der Waals surface area contributed by atoms with Gasteiger partial charge in [0.15, 0.2) is 11.6 Å². The van der Waals surface area contributed by atoms with Crippen molar-refractivity contribution in [2.45, 2.75) is 12.5 Å². The summed E-state index contributed by atoms with van der Waals surface area (Å²) in [5.74, 6) is -1.95. The second kappa shape index (κ2) is 4.59. The van der Waals surface area contributed by atoms with Gasteiger partial charge in [-0.25, -0.2) is 4.39 Å². The predicted octanol–water partition coefficient (Wildman–Crippen LogP) is 1.17. The Morgan fingerprint density at radius 1 is 1.60 bits per heavy atom. The molecule has 0 spiro atoms. The fourth-order valence-electron chi connectivity index (χ4n) is 1.20. The first kappa shape index (κ1) is 11.9. The third-order valence-corrected chi connectivity index (χ3v) is 2.34. The number of primary amides is 1. The molecule has 5 N–H and O–H groups in total. The Hall–Kier alpha value is -1.14. The molecule has 0 aliphatic carbocycles.